The van der Waals surface area contributed by atoms with Gasteiger partial charge in [0.1, 0.15) is 6.34 Å². The Morgan fingerprint density at radius 3 is 2.42 bits per heavy atom. The first-order chi connectivity index (χ1) is 5.46. The van der Waals surface area contributed by atoms with E-state index in [1.807, 2.05) is 11.9 Å². The Bertz CT molecular complexity index is 193. The number of alkyl halides is 4. The molecule has 0 N–H and O–H groups in total. The first kappa shape index (κ1) is 10.9. The van der Waals surface area contributed by atoms with Gasteiger partial charge < -0.3 is 0 Å². The van der Waals surface area contributed by atoms with Crippen LogP contribution in [0.2, 0.25) is 0 Å². The molecule has 0 aliphatic carbocycles. The Balaban J connectivity index is 2.68. The Hall–Kier alpha value is 0.870. The minimum absolute atomic E-state index is 0.0277. The summed E-state index contributed by atoms with van der Waals surface area (Å²) in [6.07, 6.45) is 1.54. The molecule has 1 atom stereocenters. The van der Waals surface area contributed by atoms with E-state index in [4.69, 9.17) is 34.8 Å². The second-order valence-corrected chi connectivity index (χ2v) is 5.51. The topological polar surface area (TPSA) is 18.8 Å². The van der Waals surface area contributed by atoms with Gasteiger partial charge >= 0.3 is 0 Å². The highest BCUT2D eigenvalue weighted by atomic mass is 127. The Morgan fingerprint density at radius 2 is 2.17 bits per heavy atom. The SMILES string of the molecule is CCN1N=CN(C(Cl)(Cl)Cl)C1I. The Morgan fingerprint density at radius 1 is 1.58 bits per heavy atom. The third kappa shape index (κ3) is 2.21. The number of rotatable bonds is 1. The monoisotopic (exact) mass is 341 g/mol. The fourth-order valence-corrected chi connectivity index (χ4v) is 2.80. The molecule has 0 spiro atoms. The van der Waals surface area contributed by atoms with E-state index >= 15 is 0 Å². The average Bonchev–Trinajstić information content (AvgIpc) is 2.29. The summed E-state index contributed by atoms with van der Waals surface area (Å²) in [7, 11) is 0. The lowest BCUT2D eigenvalue weighted by atomic mass is 10.7. The van der Waals surface area contributed by atoms with E-state index in [9.17, 15) is 0 Å². The van der Waals surface area contributed by atoms with Gasteiger partial charge in [-0.2, -0.15) is 5.10 Å². The number of hydrogen-bond donors (Lipinski definition) is 0. The molecule has 0 fully saturated rings. The largest absolute Gasteiger partial charge is 0.286 e. The van der Waals surface area contributed by atoms with Crippen LogP contribution in [0.15, 0.2) is 5.10 Å². The van der Waals surface area contributed by atoms with Crippen LogP contribution in [0.1, 0.15) is 6.92 Å². The van der Waals surface area contributed by atoms with Gasteiger partial charge in [-0.1, -0.05) is 34.8 Å². The zero-order chi connectivity index (χ0) is 9.35. The van der Waals surface area contributed by atoms with Gasteiger partial charge in [0, 0.05) is 6.54 Å². The van der Waals surface area contributed by atoms with Crippen molar-refractivity contribution in [3.8, 4) is 0 Å². The van der Waals surface area contributed by atoms with Crippen LogP contribution < -0.4 is 0 Å². The van der Waals surface area contributed by atoms with Crippen molar-refractivity contribution in [1.29, 1.82) is 0 Å². The number of hydrogen-bond acceptors (Lipinski definition) is 3. The van der Waals surface area contributed by atoms with Gasteiger partial charge in [-0.3, -0.25) is 9.91 Å². The number of hydrazone groups is 1. The number of halogens is 4. The van der Waals surface area contributed by atoms with E-state index in [0.717, 1.165) is 6.54 Å². The molecule has 0 aromatic carbocycles. The van der Waals surface area contributed by atoms with Crippen molar-refractivity contribution in [2.24, 2.45) is 5.10 Å². The standard InChI is InChI=1S/C5H7Cl3IN3/c1-2-12-4(9)11(3-10-12)5(6,7)8/h3-4H,2H2,1H3. The van der Waals surface area contributed by atoms with E-state index in [1.165, 1.54) is 6.34 Å². The molecule has 3 nitrogen and oxygen atoms in total. The van der Waals surface area contributed by atoms with Gasteiger partial charge in [-0.05, 0) is 29.5 Å². The average molecular weight is 342 g/mol. The molecule has 12 heavy (non-hydrogen) atoms. The smallest absolute Gasteiger partial charge is 0.271 e. The third-order valence-corrected chi connectivity index (χ3v) is 3.25. The Kier molecular flexibility index (Phi) is 3.59. The predicted molar refractivity (Wildman–Crippen MR) is 60.8 cm³/mol. The molecule has 1 heterocycles. The summed E-state index contributed by atoms with van der Waals surface area (Å²) < 4.78 is -1.45. The number of nitrogens with zero attached hydrogens (tertiary/aromatic N) is 3. The van der Waals surface area contributed by atoms with Crippen LogP contribution in [0.25, 0.3) is 0 Å². The first-order valence-electron chi connectivity index (χ1n) is 3.26. The summed E-state index contributed by atoms with van der Waals surface area (Å²) in [5.74, 6) is 0. The van der Waals surface area contributed by atoms with Gasteiger partial charge in [0.2, 0.25) is 0 Å². The van der Waals surface area contributed by atoms with Crippen LogP contribution in [-0.2, 0) is 0 Å². The second kappa shape index (κ2) is 3.94. The molecule has 0 radical (unpaired) electrons. The van der Waals surface area contributed by atoms with E-state index in [2.05, 4.69) is 27.7 Å². The Labute approximate surface area is 99.7 Å². The van der Waals surface area contributed by atoms with Gasteiger partial charge in [0.25, 0.3) is 3.92 Å². The van der Waals surface area contributed by atoms with Gasteiger partial charge in [0.15, 0.2) is 4.17 Å². The second-order valence-electron chi connectivity index (χ2n) is 2.17. The molecule has 1 rings (SSSR count). The summed E-state index contributed by atoms with van der Waals surface area (Å²) in [5, 5.41) is 5.88. The summed E-state index contributed by atoms with van der Waals surface area (Å²) in [6.45, 7) is 2.78. The van der Waals surface area contributed by atoms with Crippen molar-refractivity contribution in [1.82, 2.24) is 9.91 Å². The minimum atomic E-state index is -1.42. The van der Waals surface area contributed by atoms with Crippen LogP contribution in [0.4, 0.5) is 0 Å². The van der Waals surface area contributed by atoms with Crippen LogP contribution in [0, 0.1) is 0 Å². The van der Waals surface area contributed by atoms with E-state index in [-0.39, 0.29) is 4.17 Å². The predicted octanol–water partition coefficient (Wildman–Crippen LogP) is 2.61. The fraction of sp³-hybridized carbons (Fsp3) is 0.800. The van der Waals surface area contributed by atoms with Crippen LogP contribution >= 0.6 is 57.4 Å². The van der Waals surface area contributed by atoms with Crippen LogP contribution in [-0.4, -0.2) is 30.9 Å². The normalized spacial score (nSPS) is 23.9. The van der Waals surface area contributed by atoms with Crippen molar-refractivity contribution < 1.29 is 0 Å². The van der Waals surface area contributed by atoms with E-state index in [1.54, 1.807) is 4.90 Å². The van der Waals surface area contributed by atoms with Crippen molar-refractivity contribution in [2.75, 3.05) is 6.54 Å². The molecular formula is C5H7Cl3IN3. The molecule has 1 aliphatic rings. The highest BCUT2D eigenvalue weighted by Gasteiger charge is 2.37. The highest BCUT2D eigenvalue weighted by molar-refractivity contribution is 14.1. The molecule has 1 unspecified atom stereocenters. The van der Waals surface area contributed by atoms with Crippen LogP contribution in [0.3, 0.4) is 0 Å². The molecule has 7 heteroatoms. The third-order valence-electron chi connectivity index (χ3n) is 1.42. The van der Waals surface area contributed by atoms with Crippen molar-refractivity contribution >= 4 is 63.7 Å². The van der Waals surface area contributed by atoms with Gasteiger partial charge in [-0.15, -0.1) is 0 Å². The summed E-state index contributed by atoms with van der Waals surface area (Å²) >= 11 is 19.2. The molecule has 0 saturated heterocycles. The molecule has 0 saturated carbocycles. The maximum absolute atomic E-state index is 5.69. The molecule has 0 aromatic rings. The quantitative estimate of drug-likeness (QED) is 0.414. The van der Waals surface area contributed by atoms with Crippen molar-refractivity contribution in [3.05, 3.63) is 0 Å². The fourth-order valence-electron chi connectivity index (χ4n) is 0.794. The first-order valence-corrected chi connectivity index (χ1v) is 5.64. The summed E-state index contributed by atoms with van der Waals surface area (Å²) in [6, 6.07) is 0. The summed E-state index contributed by atoms with van der Waals surface area (Å²) in [5.41, 5.74) is 0. The van der Waals surface area contributed by atoms with E-state index in [0.29, 0.717) is 0 Å². The molecule has 0 bridgehead atoms. The molecule has 70 valence electrons. The lowest BCUT2D eigenvalue weighted by Gasteiger charge is -2.29. The molecular weight excluding hydrogens is 335 g/mol. The van der Waals surface area contributed by atoms with Crippen LogP contribution in [0.5, 0.6) is 0 Å². The van der Waals surface area contributed by atoms with Crippen molar-refractivity contribution in [3.63, 3.8) is 0 Å². The van der Waals surface area contributed by atoms with E-state index < -0.39 is 3.92 Å². The molecule has 0 amide bonds. The minimum Gasteiger partial charge on any atom is -0.286 e. The zero-order valence-corrected chi connectivity index (χ0v) is 10.6. The molecule has 1 aliphatic heterocycles. The lowest BCUT2D eigenvalue weighted by molar-refractivity contribution is 0.228. The molecule has 0 aromatic heterocycles. The lowest BCUT2D eigenvalue weighted by Crippen LogP contribution is -2.41. The zero-order valence-electron chi connectivity index (χ0n) is 6.22. The summed E-state index contributed by atoms with van der Waals surface area (Å²) in [4.78, 5) is 1.56. The van der Waals surface area contributed by atoms with Gasteiger partial charge in [-0.25, -0.2) is 0 Å². The highest BCUT2D eigenvalue weighted by Crippen LogP contribution is 2.36. The maximum atomic E-state index is 5.69. The van der Waals surface area contributed by atoms with Crippen molar-refractivity contribution in [2.45, 2.75) is 15.0 Å². The van der Waals surface area contributed by atoms with Gasteiger partial charge in [0.05, 0.1) is 0 Å². The maximum Gasteiger partial charge on any atom is 0.271 e.